The lowest BCUT2D eigenvalue weighted by atomic mass is 10.1. The number of amides is 3. The second kappa shape index (κ2) is 9.14. The topological polar surface area (TPSA) is 109 Å². The van der Waals surface area contributed by atoms with Crippen LogP contribution in [0.5, 0.6) is 0 Å². The van der Waals surface area contributed by atoms with E-state index in [9.17, 15) is 9.59 Å². The van der Waals surface area contributed by atoms with Crippen molar-refractivity contribution in [3.8, 4) is 0 Å². The van der Waals surface area contributed by atoms with E-state index >= 15 is 0 Å². The van der Waals surface area contributed by atoms with Gasteiger partial charge in [-0.25, -0.2) is 4.79 Å². The molecule has 7 heteroatoms. The lowest BCUT2D eigenvalue weighted by Gasteiger charge is -2.12. The van der Waals surface area contributed by atoms with Gasteiger partial charge < -0.3 is 21.7 Å². The highest BCUT2D eigenvalue weighted by Gasteiger charge is 2.27. The van der Waals surface area contributed by atoms with Crippen molar-refractivity contribution in [3.63, 3.8) is 0 Å². The number of nitrogens with two attached hydrogens (primary N) is 1. The van der Waals surface area contributed by atoms with Crippen LogP contribution in [0.4, 0.5) is 10.5 Å². The molecule has 27 heavy (non-hydrogen) atoms. The average Bonchev–Trinajstić information content (AvgIpc) is 3.12. The Morgan fingerprint density at radius 3 is 2.56 bits per heavy atom. The first kappa shape index (κ1) is 18.8. The lowest BCUT2D eigenvalue weighted by molar-refractivity contribution is -0.125. The van der Waals surface area contributed by atoms with Gasteiger partial charge in [-0.05, 0) is 54.7 Å². The first-order chi connectivity index (χ1) is 13.1. The Morgan fingerprint density at radius 2 is 1.81 bits per heavy atom. The summed E-state index contributed by atoms with van der Waals surface area (Å²) in [6, 6.07) is 11.0. The maximum atomic E-state index is 12.2. The van der Waals surface area contributed by atoms with Gasteiger partial charge in [0.2, 0.25) is 5.91 Å². The fourth-order valence-corrected chi connectivity index (χ4v) is 3.21. The quantitative estimate of drug-likeness (QED) is 0.627. The average molecular weight is 367 g/mol. The molecule has 1 aliphatic rings. The van der Waals surface area contributed by atoms with Crippen molar-refractivity contribution in [1.82, 2.24) is 15.6 Å². The molecule has 1 aromatic heterocycles. The number of benzene rings is 1. The molecular weight excluding hydrogens is 342 g/mol. The summed E-state index contributed by atoms with van der Waals surface area (Å²) in [5.74, 6) is 0.0664. The van der Waals surface area contributed by atoms with Crippen LogP contribution in [-0.2, 0) is 17.9 Å². The van der Waals surface area contributed by atoms with Crippen LogP contribution in [-0.4, -0.2) is 23.0 Å². The number of carbonyl (C=O) groups is 2. The Kier molecular flexibility index (Phi) is 6.38. The summed E-state index contributed by atoms with van der Waals surface area (Å²) >= 11 is 0. The number of hydrogen-bond donors (Lipinski definition) is 4. The summed E-state index contributed by atoms with van der Waals surface area (Å²) in [7, 11) is 0. The number of nitrogens with zero attached hydrogens (tertiary/aromatic N) is 1. The molecule has 5 N–H and O–H groups in total. The molecule has 3 rings (SSSR count). The molecular formula is C20H25N5O2. The zero-order valence-electron chi connectivity index (χ0n) is 15.2. The summed E-state index contributed by atoms with van der Waals surface area (Å²) in [4.78, 5) is 28.2. The molecule has 0 saturated heterocycles. The van der Waals surface area contributed by atoms with Gasteiger partial charge in [0.05, 0.1) is 0 Å². The van der Waals surface area contributed by atoms with E-state index in [4.69, 9.17) is 5.73 Å². The number of nitrogens with one attached hydrogen (secondary N) is 3. The maximum absolute atomic E-state index is 12.2. The van der Waals surface area contributed by atoms with Gasteiger partial charge in [-0.15, -0.1) is 0 Å². The van der Waals surface area contributed by atoms with Crippen LogP contribution < -0.4 is 21.7 Å². The van der Waals surface area contributed by atoms with Crippen LogP contribution >= 0.6 is 0 Å². The smallest absolute Gasteiger partial charge is 0.319 e. The Labute approximate surface area is 158 Å². The molecule has 1 aliphatic carbocycles. The molecule has 0 spiro atoms. The minimum Gasteiger partial charge on any atom is -0.352 e. The molecule has 7 nitrogen and oxygen atoms in total. The predicted molar refractivity (Wildman–Crippen MR) is 104 cm³/mol. The Morgan fingerprint density at radius 1 is 1.04 bits per heavy atom. The molecule has 1 saturated carbocycles. The standard InChI is InChI=1S/C20H25N5O2/c21-17-5-4-16(11-17)19(26)23-13-15-2-1-3-18(10-15)25-20(27)24-12-14-6-8-22-9-7-14/h1-3,6-10,16-17H,4-5,11-13,21H2,(H,23,26)(H2,24,25,27). The third-order valence-corrected chi connectivity index (χ3v) is 4.70. The Balaban J connectivity index is 1.46. The molecule has 1 aromatic carbocycles. The van der Waals surface area contributed by atoms with Crippen LogP contribution in [0.3, 0.4) is 0 Å². The number of hydrogen-bond acceptors (Lipinski definition) is 4. The normalized spacial score (nSPS) is 18.7. The SMILES string of the molecule is NC1CCC(C(=O)NCc2cccc(NC(=O)NCc3ccncc3)c2)C1. The first-order valence-electron chi connectivity index (χ1n) is 9.16. The summed E-state index contributed by atoms with van der Waals surface area (Å²) in [6.45, 7) is 0.854. The number of carbonyl (C=O) groups excluding carboxylic acids is 2. The van der Waals surface area contributed by atoms with Gasteiger partial charge in [0.25, 0.3) is 0 Å². The summed E-state index contributed by atoms with van der Waals surface area (Å²) in [5, 5.41) is 8.57. The van der Waals surface area contributed by atoms with Crippen LogP contribution in [0.2, 0.25) is 0 Å². The third kappa shape index (κ3) is 5.79. The summed E-state index contributed by atoms with van der Waals surface area (Å²) in [5.41, 5.74) is 8.45. The third-order valence-electron chi connectivity index (χ3n) is 4.70. The minimum absolute atomic E-state index is 0.0141. The Bertz CT molecular complexity index is 781. The monoisotopic (exact) mass is 367 g/mol. The molecule has 2 aromatic rings. The predicted octanol–water partition coefficient (Wildman–Crippen LogP) is 2.15. The van der Waals surface area contributed by atoms with Crippen LogP contribution in [0, 0.1) is 5.92 Å². The number of rotatable bonds is 6. The van der Waals surface area contributed by atoms with Crippen molar-refractivity contribution in [1.29, 1.82) is 0 Å². The van der Waals surface area contributed by atoms with E-state index < -0.39 is 0 Å². The van der Waals surface area contributed by atoms with Crippen LogP contribution in [0.15, 0.2) is 48.8 Å². The van der Waals surface area contributed by atoms with Gasteiger partial charge in [0, 0.05) is 43.1 Å². The highest BCUT2D eigenvalue weighted by molar-refractivity contribution is 5.89. The van der Waals surface area contributed by atoms with Crippen LogP contribution in [0.25, 0.3) is 0 Å². The minimum atomic E-state index is -0.284. The zero-order valence-corrected chi connectivity index (χ0v) is 15.2. The first-order valence-corrected chi connectivity index (χ1v) is 9.16. The lowest BCUT2D eigenvalue weighted by Crippen LogP contribution is -2.30. The molecule has 0 aliphatic heterocycles. The van der Waals surface area contributed by atoms with Crippen molar-refractivity contribution in [2.24, 2.45) is 11.7 Å². The molecule has 1 heterocycles. The maximum Gasteiger partial charge on any atom is 0.319 e. The number of anilines is 1. The second-order valence-corrected chi connectivity index (χ2v) is 6.85. The van der Waals surface area contributed by atoms with Gasteiger partial charge >= 0.3 is 6.03 Å². The molecule has 1 fully saturated rings. The largest absolute Gasteiger partial charge is 0.352 e. The van der Waals surface area contributed by atoms with Crippen LogP contribution in [0.1, 0.15) is 30.4 Å². The van der Waals surface area contributed by atoms with E-state index in [-0.39, 0.29) is 23.9 Å². The fraction of sp³-hybridized carbons (Fsp3) is 0.350. The van der Waals surface area contributed by atoms with Gasteiger partial charge in [-0.3, -0.25) is 9.78 Å². The number of aromatic nitrogens is 1. The molecule has 0 bridgehead atoms. The second-order valence-electron chi connectivity index (χ2n) is 6.85. The Hall–Kier alpha value is -2.93. The van der Waals surface area contributed by atoms with E-state index in [1.54, 1.807) is 12.4 Å². The van der Waals surface area contributed by atoms with Crippen molar-refractivity contribution >= 4 is 17.6 Å². The van der Waals surface area contributed by atoms with E-state index in [0.29, 0.717) is 18.8 Å². The molecule has 3 amide bonds. The fourth-order valence-electron chi connectivity index (χ4n) is 3.21. The zero-order chi connectivity index (χ0) is 19.1. The van der Waals surface area contributed by atoms with E-state index in [0.717, 1.165) is 30.4 Å². The summed E-state index contributed by atoms with van der Waals surface area (Å²) in [6.07, 6.45) is 5.89. The van der Waals surface area contributed by atoms with Crippen molar-refractivity contribution in [2.45, 2.75) is 38.4 Å². The molecule has 0 radical (unpaired) electrons. The van der Waals surface area contributed by atoms with E-state index in [2.05, 4.69) is 20.9 Å². The number of pyridine rings is 1. The van der Waals surface area contributed by atoms with E-state index in [1.165, 1.54) is 0 Å². The van der Waals surface area contributed by atoms with Crippen molar-refractivity contribution < 1.29 is 9.59 Å². The van der Waals surface area contributed by atoms with E-state index in [1.807, 2.05) is 36.4 Å². The van der Waals surface area contributed by atoms with Gasteiger partial charge in [0.15, 0.2) is 0 Å². The van der Waals surface area contributed by atoms with Crippen molar-refractivity contribution in [3.05, 3.63) is 59.9 Å². The number of urea groups is 1. The molecule has 142 valence electrons. The highest BCUT2D eigenvalue weighted by Crippen LogP contribution is 2.24. The highest BCUT2D eigenvalue weighted by atomic mass is 16.2. The van der Waals surface area contributed by atoms with Gasteiger partial charge in [0.1, 0.15) is 0 Å². The molecule has 2 unspecified atom stereocenters. The van der Waals surface area contributed by atoms with Crippen molar-refractivity contribution in [2.75, 3.05) is 5.32 Å². The van der Waals surface area contributed by atoms with Gasteiger partial charge in [-0.1, -0.05) is 12.1 Å². The molecule has 2 atom stereocenters. The van der Waals surface area contributed by atoms with Gasteiger partial charge in [-0.2, -0.15) is 0 Å². The summed E-state index contributed by atoms with van der Waals surface area (Å²) < 4.78 is 0.